The predicted molar refractivity (Wildman–Crippen MR) is 49.7 cm³/mol. The minimum absolute atomic E-state index is 0.0692. The summed E-state index contributed by atoms with van der Waals surface area (Å²) in [7, 11) is 0. The van der Waals surface area contributed by atoms with E-state index in [1.165, 1.54) is 10.9 Å². The third-order valence-electron chi connectivity index (χ3n) is 2.50. The molecule has 1 aromatic heterocycles. The number of fused-ring (bicyclic) bond motifs is 1. The molecule has 80 valence electrons. The molecular weight excluding hydrogens is 202 g/mol. The molecule has 0 spiro atoms. The van der Waals surface area contributed by atoms with Crippen molar-refractivity contribution >= 4 is 5.82 Å². The van der Waals surface area contributed by atoms with Gasteiger partial charge >= 0.3 is 0 Å². The molecule has 0 bridgehead atoms. The highest BCUT2D eigenvalue weighted by Crippen LogP contribution is 2.32. The Morgan fingerprint density at radius 1 is 1.73 bits per heavy atom. The first-order valence-corrected chi connectivity index (χ1v) is 4.65. The van der Waals surface area contributed by atoms with Gasteiger partial charge in [0.05, 0.1) is 6.20 Å². The van der Waals surface area contributed by atoms with Crippen molar-refractivity contribution < 1.29 is 8.78 Å². The standard InChI is InChI=1S/C9H10F2N4/c1-5-2-7(8(10)11)15-9(14-5)6(3-12)4-13-15/h4-5,7-8,14H,2H2,1H3/t5-,7-/m0/s1. The van der Waals surface area contributed by atoms with E-state index in [-0.39, 0.29) is 6.04 Å². The summed E-state index contributed by atoms with van der Waals surface area (Å²) >= 11 is 0. The summed E-state index contributed by atoms with van der Waals surface area (Å²) in [4.78, 5) is 0. The molecule has 0 amide bonds. The van der Waals surface area contributed by atoms with Crippen LogP contribution in [0.15, 0.2) is 6.20 Å². The van der Waals surface area contributed by atoms with Gasteiger partial charge in [0.25, 0.3) is 6.43 Å². The number of halogens is 2. The number of nitriles is 1. The van der Waals surface area contributed by atoms with Crippen molar-refractivity contribution in [2.24, 2.45) is 0 Å². The van der Waals surface area contributed by atoms with Crippen LogP contribution in [0.3, 0.4) is 0 Å². The normalized spacial score (nSPS) is 24.5. The Labute approximate surface area is 85.5 Å². The van der Waals surface area contributed by atoms with Crippen molar-refractivity contribution in [3.8, 4) is 6.07 Å². The first kappa shape index (κ1) is 9.90. The minimum Gasteiger partial charge on any atom is -0.367 e. The monoisotopic (exact) mass is 212 g/mol. The predicted octanol–water partition coefficient (Wildman–Crippen LogP) is 1.77. The van der Waals surface area contributed by atoms with Crippen molar-refractivity contribution in [2.75, 3.05) is 5.32 Å². The molecular formula is C9H10F2N4. The van der Waals surface area contributed by atoms with Crippen molar-refractivity contribution in [3.05, 3.63) is 11.8 Å². The van der Waals surface area contributed by atoms with Crippen LogP contribution in [-0.2, 0) is 0 Å². The van der Waals surface area contributed by atoms with E-state index >= 15 is 0 Å². The Balaban J connectivity index is 2.44. The SMILES string of the molecule is C[C@H]1C[C@@H](C(F)F)n2ncc(C#N)c2N1. The molecule has 2 heterocycles. The van der Waals surface area contributed by atoms with Gasteiger partial charge in [0.2, 0.25) is 0 Å². The Hall–Kier alpha value is -1.64. The Morgan fingerprint density at radius 2 is 2.47 bits per heavy atom. The van der Waals surface area contributed by atoms with Crippen molar-refractivity contribution in [3.63, 3.8) is 0 Å². The van der Waals surface area contributed by atoms with Crippen molar-refractivity contribution in [2.45, 2.75) is 31.9 Å². The topological polar surface area (TPSA) is 53.6 Å². The van der Waals surface area contributed by atoms with Gasteiger partial charge in [-0.2, -0.15) is 10.4 Å². The van der Waals surface area contributed by atoms with Crippen LogP contribution in [0.2, 0.25) is 0 Å². The maximum Gasteiger partial charge on any atom is 0.260 e. The van der Waals surface area contributed by atoms with Crippen LogP contribution < -0.4 is 5.32 Å². The molecule has 15 heavy (non-hydrogen) atoms. The van der Waals surface area contributed by atoms with E-state index < -0.39 is 12.5 Å². The number of anilines is 1. The molecule has 0 unspecified atom stereocenters. The fraction of sp³-hybridized carbons (Fsp3) is 0.556. The first-order chi connectivity index (χ1) is 7.13. The van der Waals surface area contributed by atoms with E-state index in [0.717, 1.165) is 0 Å². The minimum atomic E-state index is -2.46. The molecule has 6 heteroatoms. The maximum absolute atomic E-state index is 12.7. The Morgan fingerprint density at radius 3 is 3.07 bits per heavy atom. The highest BCUT2D eigenvalue weighted by molar-refractivity contribution is 5.53. The van der Waals surface area contributed by atoms with Gasteiger partial charge in [-0.05, 0) is 13.3 Å². The van der Waals surface area contributed by atoms with E-state index in [4.69, 9.17) is 5.26 Å². The number of rotatable bonds is 1. The highest BCUT2D eigenvalue weighted by Gasteiger charge is 2.32. The summed E-state index contributed by atoms with van der Waals surface area (Å²) in [5, 5.41) is 15.6. The smallest absolute Gasteiger partial charge is 0.260 e. The van der Waals surface area contributed by atoms with Crippen molar-refractivity contribution in [1.29, 1.82) is 5.26 Å². The van der Waals surface area contributed by atoms with Crippen LogP contribution in [0.4, 0.5) is 14.6 Å². The second-order valence-corrected chi connectivity index (χ2v) is 3.65. The first-order valence-electron chi connectivity index (χ1n) is 4.65. The van der Waals surface area contributed by atoms with Crippen LogP contribution in [0, 0.1) is 11.3 Å². The highest BCUT2D eigenvalue weighted by atomic mass is 19.3. The second-order valence-electron chi connectivity index (χ2n) is 3.65. The van der Waals surface area contributed by atoms with Crippen molar-refractivity contribution in [1.82, 2.24) is 9.78 Å². The second kappa shape index (κ2) is 3.50. The Kier molecular flexibility index (Phi) is 2.31. The lowest BCUT2D eigenvalue weighted by Crippen LogP contribution is -2.33. The summed E-state index contributed by atoms with van der Waals surface area (Å²) in [5.41, 5.74) is 0.312. The lowest BCUT2D eigenvalue weighted by Gasteiger charge is -2.29. The van der Waals surface area contributed by atoms with Gasteiger partial charge in [-0.25, -0.2) is 13.5 Å². The van der Waals surface area contributed by atoms with E-state index in [0.29, 0.717) is 17.8 Å². The zero-order valence-corrected chi connectivity index (χ0v) is 8.11. The zero-order chi connectivity index (χ0) is 11.0. The summed E-state index contributed by atoms with van der Waals surface area (Å²) in [6.45, 7) is 1.81. The molecule has 1 aromatic rings. The molecule has 0 saturated heterocycles. The van der Waals surface area contributed by atoms with E-state index in [2.05, 4.69) is 10.4 Å². The number of nitrogens with zero attached hydrogens (tertiary/aromatic N) is 3. The van der Waals surface area contributed by atoms with E-state index in [1.807, 2.05) is 13.0 Å². The molecule has 1 aliphatic rings. The van der Waals surface area contributed by atoms with Crippen LogP contribution >= 0.6 is 0 Å². The summed E-state index contributed by atoms with van der Waals surface area (Å²) < 4.78 is 26.6. The molecule has 1 N–H and O–H groups in total. The third-order valence-corrected chi connectivity index (χ3v) is 2.50. The fourth-order valence-corrected chi connectivity index (χ4v) is 1.80. The molecule has 0 radical (unpaired) electrons. The number of alkyl halides is 2. The summed E-state index contributed by atoms with van der Waals surface area (Å²) in [5.74, 6) is 0.404. The molecule has 1 aliphatic heterocycles. The lowest BCUT2D eigenvalue weighted by atomic mass is 10.1. The van der Waals surface area contributed by atoms with Gasteiger partial charge in [0.15, 0.2) is 0 Å². The maximum atomic E-state index is 12.7. The molecule has 2 atom stereocenters. The van der Waals surface area contributed by atoms with Gasteiger partial charge in [0, 0.05) is 6.04 Å². The van der Waals surface area contributed by atoms with Gasteiger partial charge in [-0.1, -0.05) is 0 Å². The molecule has 4 nitrogen and oxygen atoms in total. The van der Waals surface area contributed by atoms with Gasteiger partial charge in [-0.15, -0.1) is 0 Å². The van der Waals surface area contributed by atoms with Gasteiger partial charge in [-0.3, -0.25) is 0 Å². The van der Waals surface area contributed by atoms with E-state index in [9.17, 15) is 8.78 Å². The molecule has 2 rings (SSSR count). The summed E-state index contributed by atoms with van der Waals surface area (Å²) in [6.07, 6.45) is -0.827. The number of aromatic nitrogens is 2. The van der Waals surface area contributed by atoms with Gasteiger partial charge < -0.3 is 5.32 Å². The number of hydrogen-bond donors (Lipinski definition) is 1. The molecule has 0 aliphatic carbocycles. The molecule has 0 fully saturated rings. The van der Waals surface area contributed by atoms with Gasteiger partial charge in [0.1, 0.15) is 23.5 Å². The fourth-order valence-electron chi connectivity index (χ4n) is 1.80. The average molecular weight is 212 g/mol. The van der Waals surface area contributed by atoms with Crippen LogP contribution in [-0.4, -0.2) is 22.2 Å². The summed E-state index contributed by atoms with van der Waals surface area (Å²) in [6, 6.07) is 0.923. The third kappa shape index (κ3) is 1.54. The Bertz CT molecular complexity index is 407. The lowest BCUT2D eigenvalue weighted by molar-refractivity contribution is 0.0668. The van der Waals surface area contributed by atoms with Crippen LogP contribution in [0.25, 0.3) is 0 Å². The largest absolute Gasteiger partial charge is 0.367 e. The average Bonchev–Trinajstić information content (AvgIpc) is 2.58. The van der Waals surface area contributed by atoms with E-state index in [1.54, 1.807) is 0 Å². The zero-order valence-electron chi connectivity index (χ0n) is 8.11. The number of hydrogen-bond acceptors (Lipinski definition) is 3. The van der Waals surface area contributed by atoms with Crippen LogP contribution in [0.1, 0.15) is 24.9 Å². The molecule has 0 saturated carbocycles. The van der Waals surface area contributed by atoms with Crippen LogP contribution in [0.5, 0.6) is 0 Å². The number of nitrogens with one attached hydrogen (secondary N) is 1. The molecule has 0 aromatic carbocycles. The quantitative estimate of drug-likeness (QED) is 0.771.